The van der Waals surface area contributed by atoms with Gasteiger partial charge >= 0.3 is 0 Å². The molecule has 0 bridgehead atoms. The van der Waals surface area contributed by atoms with Crippen molar-refractivity contribution < 1.29 is 9.59 Å². The minimum Gasteiger partial charge on any atom is -0.347 e. The predicted molar refractivity (Wildman–Crippen MR) is 78.6 cm³/mol. The molecule has 0 radical (unpaired) electrons. The summed E-state index contributed by atoms with van der Waals surface area (Å²) in [5, 5.41) is 0. The first-order valence-corrected chi connectivity index (χ1v) is 6.69. The van der Waals surface area contributed by atoms with Crippen LogP contribution in [0.15, 0.2) is 29.2 Å². The molecular formula is C14H20N2O2S. The van der Waals surface area contributed by atoms with Crippen molar-refractivity contribution >= 4 is 24.4 Å². The first kappa shape index (κ1) is 15.6. The van der Waals surface area contributed by atoms with Crippen LogP contribution in [0.2, 0.25) is 0 Å². The van der Waals surface area contributed by atoms with Crippen LogP contribution in [-0.2, 0) is 4.79 Å². The highest BCUT2D eigenvalue weighted by Crippen LogP contribution is 2.10. The lowest BCUT2D eigenvalue weighted by Gasteiger charge is -2.23. The van der Waals surface area contributed by atoms with Crippen LogP contribution in [0.5, 0.6) is 0 Å². The van der Waals surface area contributed by atoms with Crippen molar-refractivity contribution in [1.82, 2.24) is 9.80 Å². The van der Waals surface area contributed by atoms with Crippen LogP contribution in [0, 0.1) is 0 Å². The Kier molecular flexibility index (Phi) is 5.89. The van der Waals surface area contributed by atoms with Gasteiger partial charge in [-0.1, -0.05) is 6.92 Å². The third-order valence-corrected chi connectivity index (χ3v) is 3.02. The van der Waals surface area contributed by atoms with Gasteiger partial charge in [0.25, 0.3) is 5.91 Å². The SMILES string of the molecule is CCCN(CC(=O)N(C)C)C(=O)c1ccc(S)cc1. The second-order valence-electron chi connectivity index (χ2n) is 4.56. The fraction of sp³-hybridized carbons (Fsp3) is 0.429. The summed E-state index contributed by atoms with van der Waals surface area (Å²) in [5.74, 6) is -0.196. The van der Waals surface area contributed by atoms with E-state index in [0.717, 1.165) is 11.3 Å². The predicted octanol–water partition coefficient (Wildman–Crippen LogP) is 1.92. The molecule has 2 amide bonds. The fourth-order valence-corrected chi connectivity index (χ4v) is 1.76. The number of carbonyl (C=O) groups excluding carboxylic acids is 2. The highest BCUT2D eigenvalue weighted by atomic mass is 32.1. The maximum Gasteiger partial charge on any atom is 0.254 e. The van der Waals surface area contributed by atoms with E-state index in [0.29, 0.717) is 12.1 Å². The molecule has 0 saturated carbocycles. The molecule has 1 aromatic rings. The summed E-state index contributed by atoms with van der Waals surface area (Å²) in [6, 6.07) is 7.00. The largest absolute Gasteiger partial charge is 0.347 e. The van der Waals surface area contributed by atoms with Crippen molar-refractivity contribution in [3.8, 4) is 0 Å². The summed E-state index contributed by atoms with van der Waals surface area (Å²) in [6.07, 6.45) is 0.817. The van der Waals surface area contributed by atoms with Gasteiger partial charge in [-0.15, -0.1) is 12.6 Å². The van der Waals surface area contributed by atoms with Gasteiger partial charge in [0.1, 0.15) is 6.54 Å². The summed E-state index contributed by atoms with van der Waals surface area (Å²) in [6.45, 7) is 2.67. The second-order valence-corrected chi connectivity index (χ2v) is 5.08. The Labute approximate surface area is 119 Å². The van der Waals surface area contributed by atoms with Crippen molar-refractivity contribution in [3.05, 3.63) is 29.8 Å². The van der Waals surface area contributed by atoms with Crippen LogP contribution in [0.1, 0.15) is 23.7 Å². The van der Waals surface area contributed by atoms with Crippen molar-refractivity contribution in [2.24, 2.45) is 0 Å². The molecule has 104 valence electrons. The molecular weight excluding hydrogens is 260 g/mol. The molecule has 0 aromatic heterocycles. The molecule has 0 saturated heterocycles. The maximum atomic E-state index is 12.3. The zero-order valence-corrected chi connectivity index (χ0v) is 12.5. The minimum absolute atomic E-state index is 0.0763. The van der Waals surface area contributed by atoms with Gasteiger partial charge in [-0.05, 0) is 30.7 Å². The van der Waals surface area contributed by atoms with Crippen LogP contribution in [0.4, 0.5) is 0 Å². The molecule has 0 aliphatic carbocycles. The van der Waals surface area contributed by atoms with Gasteiger partial charge in [-0.25, -0.2) is 0 Å². The molecule has 5 heteroatoms. The molecule has 0 fully saturated rings. The van der Waals surface area contributed by atoms with E-state index in [-0.39, 0.29) is 18.4 Å². The number of nitrogens with zero attached hydrogens (tertiary/aromatic N) is 2. The lowest BCUT2D eigenvalue weighted by atomic mass is 10.2. The van der Waals surface area contributed by atoms with Crippen molar-refractivity contribution in [2.45, 2.75) is 18.2 Å². The van der Waals surface area contributed by atoms with E-state index in [1.54, 1.807) is 43.3 Å². The van der Waals surface area contributed by atoms with E-state index in [1.165, 1.54) is 4.90 Å². The Morgan fingerprint density at radius 3 is 2.21 bits per heavy atom. The average Bonchev–Trinajstić information content (AvgIpc) is 2.38. The first-order chi connectivity index (χ1) is 8.95. The molecule has 0 aliphatic rings. The first-order valence-electron chi connectivity index (χ1n) is 6.24. The van der Waals surface area contributed by atoms with Crippen LogP contribution < -0.4 is 0 Å². The molecule has 1 rings (SSSR count). The van der Waals surface area contributed by atoms with E-state index in [9.17, 15) is 9.59 Å². The second kappa shape index (κ2) is 7.19. The van der Waals surface area contributed by atoms with Gasteiger partial charge in [-0.2, -0.15) is 0 Å². The molecule has 0 N–H and O–H groups in total. The smallest absolute Gasteiger partial charge is 0.254 e. The number of rotatable bonds is 5. The molecule has 0 aliphatic heterocycles. The van der Waals surface area contributed by atoms with Crippen LogP contribution in [-0.4, -0.2) is 48.8 Å². The zero-order valence-electron chi connectivity index (χ0n) is 11.6. The standard InChI is InChI=1S/C14H20N2O2S/c1-4-9-16(10-13(17)15(2)3)14(18)11-5-7-12(19)8-6-11/h5-8,19H,4,9-10H2,1-3H3. The maximum absolute atomic E-state index is 12.3. The average molecular weight is 280 g/mol. The van der Waals surface area contributed by atoms with Crippen molar-refractivity contribution in [1.29, 1.82) is 0 Å². The molecule has 0 spiro atoms. The molecule has 4 nitrogen and oxygen atoms in total. The number of carbonyl (C=O) groups is 2. The van der Waals surface area contributed by atoms with Gasteiger partial charge in [0.2, 0.25) is 5.91 Å². The van der Waals surface area contributed by atoms with Gasteiger partial charge < -0.3 is 9.80 Å². The molecule has 1 aromatic carbocycles. The van der Waals surface area contributed by atoms with E-state index in [2.05, 4.69) is 12.6 Å². The summed E-state index contributed by atoms with van der Waals surface area (Å²) >= 11 is 4.19. The molecule has 0 unspecified atom stereocenters. The number of thiol groups is 1. The number of hydrogen-bond donors (Lipinski definition) is 1. The van der Waals surface area contributed by atoms with E-state index >= 15 is 0 Å². The number of hydrogen-bond acceptors (Lipinski definition) is 3. The van der Waals surface area contributed by atoms with Crippen LogP contribution in [0.3, 0.4) is 0 Å². The Hall–Kier alpha value is -1.49. The third kappa shape index (κ3) is 4.59. The number of amides is 2. The lowest BCUT2D eigenvalue weighted by molar-refractivity contribution is -0.129. The van der Waals surface area contributed by atoms with Gasteiger partial charge in [-0.3, -0.25) is 9.59 Å². The summed E-state index contributed by atoms with van der Waals surface area (Å²) in [5.41, 5.74) is 0.581. The molecule has 0 atom stereocenters. The quantitative estimate of drug-likeness (QED) is 0.837. The Morgan fingerprint density at radius 1 is 1.16 bits per heavy atom. The fourth-order valence-electron chi connectivity index (χ4n) is 1.61. The molecule has 0 heterocycles. The van der Waals surface area contributed by atoms with Gasteiger partial charge in [0, 0.05) is 31.1 Å². The highest BCUT2D eigenvalue weighted by molar-refractivity contribution is 7.80. The van der Waals surface area contributed by atoms with Gasteiger partial charge in [0.15, 0.2) is 0 Å². The van der Waals surface area contributed by atoms with Gasteiger partial charge in [0.05, 0.1) is 0 Å². The molecule has 19 heavy (non-hydrogen) atoms. The topological polar surface area (TPSA) is 40.6 Å². The third-order valence-electron chi connectivity index (χ3n) is 2.72. The minimum atomic E-state index is -0.120. The van der Waals surface area contributed by atoms with E-state index in [1.807, 2.05) is 6.92 Å². The lowest BCUT2D eigenvalue weighted by Crippen LogP contribution is -2.40. The van der Waals surface area contributed by atoms with Crippen molar-refractivity contribution in [3.63, 3.8) is 0 Å². The summed E-state index contributed by atoms with van der Waals surface area (Å²) in [7, 11) is 3.37. The van der Waals surface area contributed by atoms with E-state index in [4.69, 9.17) is 0 Å². The number of benzene rings is 1. The summed E-state index contributed by atoms with van der Waals surface area (Å²) in [4.78, 5) is 28.0. The highest BCUT2D eigenvalue weighted by Gasteiger charge is 2.18. The Balaban J connectivity index is 2.83. The number of likely N-dealkylation sites (N-methyl/N-ethyl adjacent to an activating group) is 1. The van der Waals surface area contributed by atoms with Crippen molar-refractivity contribution in [2.75, 3.05) is 27.2 Å². The summed E-state index contributed by atoms with van der Waals surface area (Å²) < 4.78 is 0. The van der Waals surface area contributed by atoms with E-state index < -0.39 is 0 Å². The Bertz CT molecular complexity index is 443. The Morgan fingerprint density at radius 2 is 1.74 bits per heavy atom. The normalized spacial score (nSPS) is 10.1. The monoisotopic (exact) mass is 280 g/mol. The van der Waals surface area contributed by atoms with Crippen LogP contribution in [0.25, 0.3) is 0 Å². The zero-order chi connectivity index (χ0) is 14.4. The van der Waals surface area contributed by atoms with Crippen LogP contribution >= 0.6 is 12.6 Å².